The van der Waals surface area contributed by atoms with E-state index in [-0.39, 0.29) is 28.6 Å². The van der Waals surface area contributed by atoms with Gasteiger partial charge in [-0.1, -0.05) is 30.3 Å². The molecule has 0 aliphatic carbocycles. The molecule has 0 amide bonds. The molecule has 0 aromatic heterocycles. The van der Waals surface area contributed by atoms with Crippen LogP contribution in [0, 0.1) is 0 Å². The van der Waals surface area contributed by atoms with Gasteiger partial charge in [0.25, 0.3) is 0 Å². The molecule has 0 atom stereocenters. The van der Waals surface area contributed by atoms with Gasteiger partial charge in [0.05, 0.1) is 0 Å². The van der Waals surface area contributed by atoms with E-state index in [1.165, 1.54) is 12.1 Å². The average molecular weight is 206 g/mol. The fourth-order valence-electron chi connectivity index (χ4n) is 1.04. The third-order valence-corrected chi connectivity index (χ3v) is 1.63. The Balaban J connectivity index is 0.00000169. The number of aliphatic carboxylic acids is 2. The van der Waals surface area contributed by atoms with Gasteiger partial charge in [0.2, 0.25) is 0 Å². The zero-order valence-electron chi connectivity index (χ0n) is 6.68. The quantitative estimate of drug-likeness (QED) is 0.540. The minimum Gasteiger partial charge on any atom is -0.480 e. The highest BCUT2D eigenvalue weighted by Gasteiger charge is 2.27. The molecule has 14 heavy (non-hydrogen) atoms. The van der Waals surface area contributed by atoms with Crippen molar-refractivity contribution >= 4 is 35.0 Å². The molecule has 0 saturated carbocycles. The highest BCUT2D eigenvalue weighted by Crippen LogP contribution is 2.15. The Morgan fingerprint density at radius 1 is 1.00 bits per heavy atom. The lowest BCUT2D eigenvalue weighted by atomic mass is 10.00. The largest absolute Gasteiger partial charge is 0.480 e. The van der Waals surface area contributed by atoms with E-state index in [0.29, 0.717) is 0 Å². The van der Waals surface area contributed by atoms with Crippen LogP contribution in [0.1, 0.15) is 11.5 Å². The van der Waals surface area contributed by atoms with E-state index in [9.17, 15) is 9.59 Å². The van der Waals surface area contributed by atoms with Crippen molar-refractivity contribution in [2.75, 3.05) is 0 Å². The molecule has 1 aromatic rings. The molecule has 5 heteroatoms. The number of carbonyl (C=O) groups is 2. The SMILES string of the molecule is O=C(O)C(C(=O)O)c1ccccc1.[MgH2]. The van der Waals surface area contributed by atoms with Crippen LogP contribution in [0.15, 0.2) is 30.3 Å². The lowest BCUT2D eigenvalue weighted by Gasteiger charge is -2.06. The zero-order valence-corrected chi connectivity index (χ0v) is 6.68. The average Bonchev–Trinajstić information content (AvgIpc) is 2.04. The molecule has 0 radical (unpaired) electrons. The van der Waals surface area contributed by atoms with E-state index in [1.54, 1.807) is 18.2 Å². The van der Waals surface area contributed by atoms with Gasteiger partial charge in [0.1, 0.15) is 0 Å². The summed E-state index contributed by atoms with van der Waals surface area (Å²) in [7, 11) is 0. The number of hydrogen-bond acceptors (Lipinski definition) is 2. The lowest BCUT2D eigenvalue weighted by molar-refractivity contribution is -0.150. The van der Waals surface area contributed by atoms with E-state index in [1.807, 2.05) is 0 Å². The van der Waals surface area contributed by atoms with Crippen LogP contribution in [-0.2, 0) is 9.59 Å². The van der Waals surface area contributed by atoms with Gasteiger partial charge in [-0.05, 0) is 5.56 Å². The fraction of sp³-hybridized carbons (Fsp3) is 0.111. The standard InChI is InChI=1S/C9H8O4.Mg.2H/c10-8(11)7(9(12)13)6-4-2-1-3-5-6;;;/h1-5,7H,(H,10,11)(H,12,13);;;. The number of hydrogen-bond donors (Lipinski definition) is 2. The summed E-state index contributed by atoms with van der Waals surface area (Å²) >= 11 is 0. The number of benzene rings is 1. The molecule has 2 N–H and O–H groups in total. The zero-order chi connectivity index (χ0) is 9.84. The monoisotopic (exact) mass is 206 g/mol. The van der Waals surface area contributed by atoms with Crippen molar-refractivity contribution in [1.29, 1.82) is 0 Å². The van der Waals surface area contributed by atoms with Crippen molar-refractivity contribution in [2.45, 2.75) is 5.92 Å². The van der Waals surface area contributed by atoms with Crippen LogP contribution >= 0.6 is 0 Å². The van der Waals surface area contributed by atoms with Gasteiger partial charge in [-0.2, -0.15) is 0 Å². The maximum absolute atomic E-state index is 10.6. The van der Waals surface area contributed by atoms with Gasteiger partial charge in [-0.25, -0.2) is 0 Å². The Morgan fingerprint density at radius 2 is 1.43 bits per heavy atom. The normalized spacial score (nSPS) is 9.21. The number of carboxylic acids is 2. The first-order valence-electron chi connectivity index (χ1n) is 3.63. The maximum atomic E-state index is 10.6. The molecule has 0 aliphatic rings. The molecule has 0 spiro atoms. The molecule has 0 aliphatic heterocycles. The van der Waals surface area contributed by atoms with Crippen molar-refractivity contribution in [1.82, 2.24) is 0 Å². The Morgan fingerprint density at radius 3 is 1.79 bits per heavy atom. The van der Waals surface area contributed by atoms with E-state index < -0.39 is 17.9 Å². The Kier molecular flexibility index (Phi) is 5.18. The Hall–Kier alpha value is -1.07. The number of rotatable bonds is 3. The van der Waals surface area contributed by atoms with Crippen molar-refractivity contribution < 1.29 is 19.8 Å². The minimum absolute atomic E-state index is 0. The summed E-state index contributed by atoms with van der Waals surface area (Å²) in [6, 6.07) is 7.87. The Bertz CT molecular complexity index is 309. The summed E-state index contributed by atoms with van der Waals surface area (Å²) in [4.78, 5) is 21.1. The highest BCUT2D eigenvalue weighted by molar-refractivity contribution is 5.98. The van der Waals surface area contributed by atoms with Crippen LogP contribution in [0.4, 0.5) is 0 Å². The maximum Gasteiger partial charge on any atom is 0.322 e. The summed E-state index contributed by atoms with van der Waals surface area (Å²) in [5, 5.41) is 17.2. The molecular formula is C9H10MgO4. The molecule has 0 unspecified atom stereocenters. The van der Waals surface area contributed by atoms with Gasteiger partial charge in [-0.15, -0.1) is 0 Å². The van der Waals surface area contributed by atoms with E-state index in [2.05, 4.69) is 0 Å². The summed E-state index contributed by atoms with van der Waals surface area (Å²) in [5.41, 5.74) is 0.280. The van der Waals surface area contributed by atoms with Crippen LogP contribution in [0.5, 0.6) is 0 Å². The third kappa shape index (κ3) is 3.01. The van der Waals surface area contributed by atoms with E-state index >= 15 is 0 Å². The van der Waals surface area contributed by atoms with Crippen LogP contribution in [-0.4, -0.2) is 45.2 Å². The van der Waals surface area contributed by atoms with Crippen molar-refractivity contribution in [3.8, 4) is 0 Å². The van der Waals surface area contributed by atoms with Crippen LogP contribution in [0.2, 0.25) is 0 Å². The second-order valence-corrected chi connectivity index (χ2v) is 2.52. The first kappa shape index (κ1) is 12.9. The first-order valence-corrected chi connectivity index (χ1v) is 3.63. The van der Waals surface area contributed by atoms with Gasteiger partial charge in [0.15, 0.2) is 5.92 Å². The number of carboxylic acid groups (broad SMARTS) is 2. The van der Waals surface area contributed by atoms with Gasteiger partial charge < -0.3 is 10.2 Å². The van der Waals surface area contributed by atoms with Crippen molar-refractivity contribution in [3.05, 3.63) is 35.9 Å². The van der Waals surface area contributed by atoms with Crippen molar-refractivity contribution in [2.24, 2.45) is 0 Å². The predicted octanol–water partition coefficient (Wildman–Crippen LogP) is 0.0232. The minimum atomic E-state index is -1.47. The highest BCUT2D eigenvalue weighted by atomic mass is 24.3. The molecule has 72 valence electrons. The van der Waals surface area contributed by atoms with E-state index in [4.69, 9.17) is 10.2 Å². The van der Waals surface area contributed by atoms with Gasteiger partial charge in [0, 0.05) is 0 Å². The summed E-state index contributed by atoms with van der Waals surface area (Å²) in [5.74, 6) is -4.17. The second-order valence-electron chi connectivity index (χ2n) is 2.52. The topological polar surface area (TPSA) is 74.6 Å². The predicted molar refractivity (Wildman–Crippen MR) is 53.0 cm³/mol. The van der Waals surface area contributed by atoms with Crippen molar-refractivity contribution in [3.63, 3.8) is 0 Å². The van der Waals surface area contributed by atoms with Gasteiger partial charge in [-0.3, -0.25) is 9.59 Å². The molecule has 4 nitrogen and oxygen atoms in total. The molecule has 1 rings (SSSR count). The summed E-state index contributed by atoms with van der Waals surface area (Å²) in [6.07, 6.45) is 0. The smallest absolute Gasteiger partial charge is 0.322 e. The Labute approximate surface area is 96.7 Å². The molecule has 1 aromatic carbocycles. The molecule has 0 bridgehead atoms. The lowest BCUT2D eigenvalue weighted by Crippen LogP contribution is -2.20. The molecule has 0 saturated heterocycles. The molecule has 0 heterocycles. The molecular weight excluding hydrogens is 196 g/mol. The fourth-order valence-corrected chi connectivity index (χ4v) is 1.04. The molecule has 0 fully saturated rings. The van der Waals surface area contributed by atoms with E-state index in [0.717, 1.165) is 0 Å². The second kappa shape index (κ2) is 5.61. The van der Waals surface area contributed by atoms with Crippen LogP contribution < -0.4 is 0 Å². The van der Waals surface area contributed by atoms with Crippen LogP contribution in [0.25, 0.3) is 0 Å². The summed E-state index contributed by atoms with van der Waals surface area (Å²) < 4.78 is 0. The first-order chi connectivity index (χ1) is 6.13. The van der Waals surface area contributed by atoms with Gasteiger partial charge >= 0.3 is 35.0 Å². The third-order valence-electron chi connectivity index (χ3n) is 1.63. The van der Waals surface area contributed by atoms with Crippen LogP contribution in [0.3, 0.4) is 0 Å². The summed E-state index contributed by atoms with van der Waals surface area (Å²) in [6.45, 7) is 0.